The fourth-order valence-corrected chi connectivity index (χ4v) is 4.73. The van der Waals surface area contributed by atoms with E-state index in [0.717, 1.165) is 11.1 Å². The standard InChI is InChI=1S/C29H27N5O4/c1-3-36-22-12-8-7-11-21(22)31-28(35)25-18(2)30-29-32-27(19-9-5-4-6-10-19)33-34(29)26(25)20-13-14-23-24(17-20)38-16-15-37-23/h4-14,17,26H,3,15-16H2,1-2H3,(H,31,35)(H,30,32,33). The molecule has 2 N–H and O–H groups in total. The molecule has 1 atom stereocenters. The average molecular weight is 510 g/mol. The highest BCUT2D eigenvalue weighted by molar-refractivity contribution is 6.06. The van der Waals surface area contributed by atoms with Gasteiger partial charge in [0.05, 0.1) is 17.9 Å². The summed E-state index contributed by atoms with van der Waals surface area (Å²) in [6.07, 6.45) is 0. The molecule has 0 saturated carbocycles. The van der Waals surface area contributed by atoms with Crippen LogP contribution < -0.4 is 24.8 Å². The summed E-state index contributed by atoms with van der Waals surface area (Å²) in [5.41, 5.74) is 3.48. The third kappa shape index (κ3) is 4.32. The summed E-state index contributed by atoms with van der Waals surface area (Å²) in [7, 11) is 0. The van der Waals surface area contributed by atoms with Gasteiger partial charge in [0.2, 0.25) is 5.95 Å². The van der Waals surface area contributed by atoms with Crippen LogP contribution in [-0.4, -0.2) is 40.5 Å². The third-order valence-corrected chi connectivity index (χ3v) is 6.45. The van der Waals surface area contributed by atoms with Crippen molar-refractivity contribution >= 4 is 17.5 Å². The van der Waals surface area contributed by atoms with Crippen LogP contribution in [0, 0.1) is 0 Å². The zero-order valence-corrected chi connectivity index (χ0v) is 21.1. The highest BCUT2D eigenvalue weighted by Crippen LogP contribution is 2.41. The number of rotatable bonds is 6. The molecule has 0 radical (unpaired) electrons. The highest BCUT2D eigenvalue weighted by atomic mass is 16.6. The lowest BCUT2D eigenvalue weighted by Crippen LogP contribution is -2.31. The number of ether oxygens (including phenoxy) is 3. The second-order valence-electron chi connectivity index (χ2n) is 8.92. The quantitative estimate of drug-likeness (QED) is 0.376. The molecule has 3 aromatic carbocycles. The lowest BCUT2D eigenvalue weighted by molar-refractivity contribution is -0.113. The lowest BCUT2D eigenvalue weighted by Gasteiger charge is -2.29. The van der Waals surface area contributed by atoms with Crippen LogP contribution in [0.3, 0.4) is 0 Å². The van der Waals surface area contributed by atoms with Gasteiger partial charge in [0, 0.05) is 11.3 Å². The van der Waals surface area contributed by atoms with E-state index in [1.165, 1.54) is 0 Å². The minimum Gasteiger partial charge on any atom is -0.492 e. The number of carbonyl (C=O) groups excluding carboxylic acids is 1. The number of nitrogens with one attached hydrogen (secondary N) is 2. The fraction of sp³-hybridized carbons (Fsp3) is 0.207. The summed E-state index contributed by atoms with van der Waals surface area (Å²) < 4.78 is 19.1. The first-order valence-electron chi connectivity index (χ1n) is 12.5. The van der Waals surface area contributed by atoms with Gasteiger partial charge in [-0.15, -0.1) is 5.10 Å². The maximum Gasteiger partial charge on any atom is 0.255 e. The van der Waals surface area contributed by atoms with Crippen molar-refractivity contribution in [2.45, 2.75) is 19.9 Å². The van der Waals surface area contributed by atoms with E-state index < -0.39 is 6.04 Å². The zero-order valence-electron chi connectivity index (χ0n) is 21.1. The predicted octanol–water partition coefficient (Wildman–Crippen LogP) is 5.04. The van der Waals surface area contributed by atoms with Crippen LogP contribution in [0.4, 0.5) is 11.6 Å². The zero-order chi connectivity index (χ0) is 26.1. The SMILES string of the molecule is CCOc1ccccc1NC(=O)C1=C(C)Nc2nc(-c3ccccc3)nn2C1c1ccc2c(c1)OCCO2. The maximum absolute atomic E-state index is 13.9. The largest absolute Gasteiger partial charge is 0.492 e. The number of fused-ring (bicyclic) bond motifs is 2. The van der Waals surface area contributed by atoms with Gasteiger partial charge in [0.25, 0.3) is 5.91 Å². The number of hydrogen-bond donors (Lipinski definition) is 2. The number of allylic oxidation sites excluding steroid dienone is 1. The van der Waals surface area contributed by atoms with Crippen molar-refractivity contribution in [3.05, 3.63) is 89.6 Å². The number of anilines is 2. The Morgan fingerprint density at radius 2 is 1.82 bits per heavy atom. The molecule has 1 unspecified atom stereocenters. The van der Waals surface area contributed by atoms with Gasteiger partial charge < -0.3 is 24.8 Å². The molecule has 9 nitrogen and oxygen atoms in total. The van der Waals surface area contributed by atoms with Crippen LogP contribution in [0.2, 0.25) is 0 Å². The van der Waals surface area contributed by atoms with E-state index in [0.29, 0.717) is 65.8 Å². The van der Waals surface area contributed by atoms with Gasteiger partial charge in [-0.25, -0.2) is 4.68 Å². The Morgan fingerprint density at radius 1 is 1.05 bits per heavy atom. The molecule has 0 aliphatic carbocycles. The predicted molar refractivity (Wildman–Crippen MR) is 144 cm³/mol. The van der Waals surface area contributed by atoms with Crippen LogP contribution in [0.5, 0.6) is 17.2 Å². The topological polar surface area (TPSA) is 99.5 Å². The van der Waals surface area contributed by atoms with Crippen LogP contribution in [0.25, 0.3) is 11.4 Å². The summed E-state index contributed by atoms with van der Waals surface area (Å²) in [5, 5.41) is 11.2. The Kier molecular flexibility index (Phi) is 6.17. The molecule has 0 saturated heterocycles. The van der Waals surface area contributed by atoms with Crippen molar-refractivity contribution in [3.63, 3.8) is 0 Å². The third-order valence-electron chi connectivity index (χ3n) is 6.45. The molecule has 0 bridgehead atoms. The second kappa shape index (κ2) is 9.93. The Hall–Kier alpha value is -4.79. The average Bonchev–Trinajstić information content (AvgIpc) is 3.37. The van der Waals surface area contributed by atoms with Gasteiger partial charge in [-0.1, -0.05) is 48.5 Å². The van der Waals surface area contributed by atoms with E-state index >= 15 is 0 Å². The Bertz CT molecular complexity index is 1530. The number of nitrogens with zero attached hydrogens (tertiary/aromatic N) is 3. The molecule has 1 aromatic heterocycles. The minimum atomic E-state index is -0.564. The van der Waals surface area contributed by atoms with E-state index in [1.54, 1.807) is 4.68 Å². The molecule has 9 heteroatoms. The number of amides is 1. The fourth-order valence-electron chi connectivity index (χ4n) is 4.73. The number of carbonyl (C=O) groups is 1. The molecule has 2 aliphatic heterocycles. The normalized spacial score (nSPS) is 15.9. The van der Waals surface area contributed by atoms with E-state index in [4.69, 9.17) is 24.3 Å². The van der Waals surface area contributed by atoms with E-state index in [9.17, 15) is 4.79 Å². The second-order valence-corrected chi connectivity index (χ2v) is 8.92. The van der Waals surface area contributed by atoms with Crippen molar-refractivity contribution < 1.29 is 19.0 Å². The number of hydrogen-bond acceptors (Lipinski definition) is 7. The van der Waals surface area contributed by atoms with Gasteiger partial charge >= 0.3 is 0 Å². The maximum atomic E-state index is 13.9. The lowest BCUT2D eigenvalue weighted by atomic mass is 9.94. The molecule has 192 valence electrons. The smallest absolute Gasteiger partial charge is 0.255 e. The summed E-state index contributed by atoms with van der Waals surface area (Å²) >= 11 is 0. The van der Waals surface area contributed by atoms with Crippen LogP contribution in [-0.2, 0) is 4.79 Å². The highest BCUT2D eigenvalue weighted by Gasteiger charge is 2.35. The Morgan fingerprint density at radius 3 is 2.63 bits per heavy atom. The van der Waals surface area contributed by atoms with Gasteiger partial charge in [0.15, 0.2) is 17.3 Å². The van der Waals surface area contributed by atoms with Crippen LogP contribution in [0.1, 0.15) is 25.5 Å². The molecule has 4 aromatic rings. The molecular weight excluding hydrogens is 482 g/mol. The number of aromatic nitrogens is 3. The van der Waals surface area contributed by atoms with Gasteiger partial charge in [-0.2, -0.15) is 4.98 Å². The van der Waals surface area contributed by atoms with Gasteiger partial charge in [-0.3, -0.25) is 4.79 Å². The molecule has 0 fully saturated rings. The van der Waals surface area contributed by atoms with Crippen molar-refractivity contribution in [3.8, 4) is 28.6 Å². The summed E-state index contributed by atoms with van der Waals surface area (Å²) in [6, 6.07) is 22.3. The number of para-hydroxylation sites is 2. The first-order chi connectivity index (χ1) is 18.6. The molecule has 1 amide bonds. The first kappa shape index (κ1) is 23.6. The molecule has 2 aliphatic rings. The Balaban J connectivity index is 1.44. The summed E-state index contributed by atoms with van der Waals surface area (Å²) in [4.78, 5) is 18.7. The number of benzene rings is 3. The van der Waals surface area contributed by atoms with Crippen LogP contribution >= 0.6 is 0 Å². The minimum absolute atomic E-state index is 0.274. The molecular formula is C29H27N5O4. The van der Waals surface area contributed by atoms with E-state index in [-0.39, 0.29) is 5.91 Å². The molecule has 6 rings (SSSR count). The summed E-state index contributed by atoms with van der Waals surface area (Å²) in [6.45, 7) is 5.23. The Labute approximate surface area is 220 Å². The van der Waals surface area contributed by atoms with Crippen molar-refractivity contribution in [2.75, 3.05) is 30.5 Å². The molecule has 38 heavy (non-hydrogen) atoms. The van der Waals surface area contributed by atoms with Crippen LogP contribution in [0.15, 0.2) is 84.1 Å². The van der Waals surface area contributed by atoms with Gasteiger partial charge in [-0.05, 0) is 43.7 Å². The van der Waals surface area contributed by atoms with E-state index in [2.05, 4.69) is 10.6 Å². The monoisotopic (exact) mass is 509 g/mol. The van der Waals surface area contributed by atoms with Gasteiger partial charge in [0.1, 0.15) is 25.0 Å². The molecule has 3 heterocycles. The van der Waals surface area contributed by atoms with Crippen molar-refractivity contribution in [2.24, 2.45) is 0 Å². The van der Waals surface area contributed by atoms with Crippen molar-refractivity contribution in [1.82, 2.24) is 14.8 Å². The molecule has 0 spiro atoms. The summed E-state index contributed by atoms with van der Waals surface area (Å²) in [5.74, 6) is 2.75. The van der Waals surface area contributed by atoms with E-state index in [1.807, 2.05) is 86.6 Å². The first-order valence-corrected chi connectivity index (χ1v) is 12.5. The van der Waals surface area contributed by atoms with Crippen molar-refractivity contribution in [1.29, 1.82) is 0 Å².